The fourth-order valence-corrected chi connectivity index (χ4v) is 3.63. The van der Waals surface area contributed by atoms with Crippen LogP contribution in [-0.4, -0.2) is 22.2 Å². The molecule has 0 radical (unpaired) electrons. The molecule has 1 amide bonds. The van der Waals surface area contributed by atoms with Gasteiger partial charge in [-0.25, -0.2) is 4.98 Å². The van der Waals surface area contributed by atoms with E-state index in [2.05, 4.69) is 4.98 Å². The van der Waals surface area contributed by atoms with E-state index in [9.17, 15) is 4.79 Å². The average molecular weight is 257 g/mol. The zero-order chi connectivity index (χ0) is 11.8. The molecule has 0 saturated heterocycles. The summed E-state index contributed by atoms with van der Waals surface area (Å²) in [5.74, 6) is 0.397. The van der Waals surface area contributed by atoms with Gasteiger partial charge >= 0.3 is 0 Å². The highest BCUT2D eigenvalue weighted by Crippen LogP contribution is 2.41. The third-order valence-corrected chi connectivity index (χ3v) is 5.15. The molecule has 0 bridgehead atoms. The Balaban J connectivity index is 1.99. The largest absolute Gasteiger partial charge is 0.368 e. The number of hydrogen-bond acceptors (Lipinski definition) is 5. The van der Waals surface area contributed by atoms with E-state index in [1.165, 1.54) is 11.8 Å². The first-order valence-electron chi connectivity index (χ1n) is 5.16. The number of carbonyl (C=O) groups is 1. The Morgan fingerprint density at radius 1 is 1.75 bits per heavy atom. The molecule has 6 heteroatoms. The summed E-state index contributed by atoms with van der Waals surface area (Å²) in [6.45, 7) is 1.95. The predicted octanol–water partition coefficient (Wildman–Crippen LogP) is 1.14. The lowest BCUT2D eigenvalue weighted by molar-refractivity contribution is -0.123. The summed E-state index contributed by atoms with van der Waals surface area (Å²) in [5, 5.41) is 1.99. The summed E-state index contributed by atoms with van der Waals surface area (Å²) >= 11 is 3.10. The van der Waals surface area contributed by atoms with Crippen molar-refractivity contribution in [3.63, 3.8) is 0 Å². The molecule has 1 unspecified atom stereocenters. The van der Waals surface area contributed by atoms with Crippen molar-refractivity contribution in [2.75, 3.05) is 5.75 Å². The average Bonchev–Trinajstić information content (AvgIpc) is 2.99. The molecular weight excluding hydrogens is 242 g/mol. The Morgan fingerprint density at radius 2 is 2.44 bits per heavy atom. The van der Waals surface area contributed by atoms with Crippen LogP contribution in [0.2, 0.25) is 0 Å². The van der Waals surface area contributed by atoms with Crippen LogP contribution in [0.15, 0.2) is 9.72 Å². The van der Waals surface area contributed by atoms with Crippen LogP contribution in [0.3, 0.4) is 0 Å². The van der Waals surface area contributed by atoms with Gasteiger partial charge in [-0.1, -0.05) is 11.8 Å². The molecule has 0 spiro atoms. The molecule has 4 N–H and O–H groups in total. The van der Waals surface area contributed by atoms with Crippen LogP contribution < -0.4 is 11.5 Å². The number of amides is 1. The van der Waals surface area contributed by atoms with Crippen molar-refractivity contribution in [3.05, 3.63) is 11.1 Å². The van der Waals surface area contributed by atoms with Gasteiger partial charge in [-0.3, -0.25) is 4.79 Å². The second-order valence-electron chi connectivity index (χ2n) is 4.22. The van der Waals surface area contributed by atoms with Crippen LogP contribution in [0.5, 0.6) is 0 Å². The molecular formula is C10H15N3OS2. The van der Waals surface area contributed by atoms with Gasteiger partial charge in [0.05, 0.1) is 0 Å². The first-order valence-corrected chi connectivity index (χ1v) is 7.02. The number of nitrogens with zero attached hydrogens (tertiary/aromatic N) is 1. The fourth-order valence-electron chi connectivity index (χ4n) is 1.57. The van der Waals surface area contributed by atoms with Crippen LogP contribution in [0.4, 0.5) is 0 Å². The maximum absolute atomic E-state index is 11.4. The molecule has 1 fully saturated rings. The molecule has 4 nitrogen and oxygen atoms in total. The molecule has 2 rings (SSSR count). The van der Waals surface area contributed by atoms with E-state index in [1.54, 1.807) is 11.3 Å². The Morgan fingerprint density at radius 3 is 2.88 bits per heavy atom. The van der Waals surface area contributed by atoms with Crippen molar-refractivity contribution in [1.29, 1.82) is 0 Å². The molecule has 16 heavy (non-hydrogen) atoms. The third-order valence-electron chi connectivity index (χ3n) is 2.80. The number of primary amides is 1. The third kappa shape index (κ3) is 2.39. The van der Waals surface area contributed by atoms with E-state index in [4.69, 9.17) is 11.5 Å². The number of hydrogen-bond donors (Lipinski definition) is 2. The van der Waals surface area contributed by atoms with Crippen LogP contribution in [-0.2, 0) is 4.79 Å². The fraction of sp³-hybridized carbons (Fsp3) is 0.600. The van der Waals surface area contributed by atoms with Crippen molar-refractivity contribution < 1.29 is 4.79 Å². The summed E-state index contributed by atoms with van der Waals surface area (Å²) < 4.78 is 0.953. The number of aromatic nitrogens is 1. The van der Waals surface area contributed by atoms with Crippen LogP contribution in [0, 0.1) is 12.8 Å². The van der Waals surface area contributed by atoms with Gasteiger partial charge in [0.1, 0.15) is 9.88 Å². The number of nitrogens with two attached hydrogens (primary N) is 2. The minimum atomic E-state index is -0.857. The molecule has 1 aromatic heterocycles. The molecule has 1 aliphatic rings. The zero-order valence-corrected chi connectivity index (χ0v) is 10.7. The number of aryl methyl sites for hydroxylation is 1. The van der Waals surface area contributed by atoms with Gasteiger partial charge in [0.2, 0.25) is 5.91 Å². The van der Waals surface area contributed by atoms with Crippen LogP contribution in [0.25, 0.3) is 0 Å². The number of thioether (sulfide) groups is 1. The quantitative estimate of drug-likeness (QED) is 0.775. The topological polar surface area (TPSA) is 82.0 Å². The maximum Gasteiger partial charge on any atom is 0.238 e. The Labute approximate surface area is 103 Å². The molecule has 1 aromatic rings. The molecule has 1 saturated carbocycles. The second kappa shape index (κ2) is 4.35. The van der Waals surface area contributed by atoms with Crippen LogP contribution in [0.1, 0.15) is 18.5 Å². The summed E-state index contributed by atoms with van der Waals surface area (Å²) in [5.41, 5.74) is 11.6. The van der Waals surface area contributed by atoms with Gasteiger partial charge in [-0.15, -0.1) is 11.3 Å². The summed E-state index contributed by atoms with van der Waals surface area (Å²) in [4.78, 5) is 15.7. The predicted molar refractivity (Wildman–Crippen MR) is 66.4 cm³/mol. The maximum atomic E-state index is 11.4. The van der Waals surface area contributed by atoms with E-state index in [0.717, 1.165) is 22.9 Å². The Kier molecular flexibility index (Phi) is 3.23. The summed E-state index contributed by atoms with van der Waals surface area (Å²) in [6, 6.07) is 0. The zero-order valence-electron chi connectivity index (χ0n) is 9.10. The van der Waals surface area contributed by atoms with E-state index >= 15 is 0 Å². The first-order chi connectivity index (χ1) is 7.52. The molecule has 0 aromatic carbocycles. The normalized spacial score (nSPS) is 19.4. The van der Waals surface area contributed by atoms with Crippen molar-refractivity contribution in [1.82, 2.24) is 4.98 Å². The highest BCUT2D eigenvalue weighted by atomic mass is 32.2. The SMILES string of the molecule is Cc1csc(SCC(N)(C(N)=O)C2CC2)n1. The number of rotatable bonds is 5. The van der Waals surface area contributed by atoms with Gasteiger partial charge in [-0.2, -0.15) is 0 Å². The lowest BCUT2D eigenvalue weighted by atomic mass is 9.96. The van der Waals surface area contributed by atoms with Crippen molar-refractivity contribution in [2.45, 2.75) is 29.6 Å². The number of thiazole rings is 1. The number of carbonyl (C=O) groups excluding carboxylic acids is 1. The van der Waals surface area contributed by atoms with Crippen molar-refractivity contribution >= 4 is 29.0 Å². The smallest absolute Gasteiger partial charge is 0.238 e. The highest BCUT2D eigenvalue weighted by molar-refractivity contribution is 8.01. The molecule has 0 aliphatic heterocycles. The monoisotopic (exact) mass is 257 g/mol. The Bertz CT molecular complexity index is 403. The summed E-state index contributed by atoms with van der Waals surface area (Å²) in [6.07, 6.45) is 2.02. The lowest BCUT2D eigenvalue weighted by Crippen LogP contribution is -2.56. The van der Waals surface area contributed by atoms with Crippen LogP contribution >= 0.6 is 23.1 Å². The molecule has 88 valence electrons. The molecule has 1 heterocycles. The highest BCUT2D eigenvalue weighted by Gasteiger charge is 2.46. The summed E-state index contributed by atoms with van der Waals surface area (Å²) in [7, 11) is 0. The van der Waals surface area contributed by atoms with Crippen molar-refractivity contribution in [2.24, 2.45) is 17.4 Å². The Hall–Kier alpha value is -0.590. The first kappa shape index (κ1) is 11.9. The van der Waals surface area contributed by atoms with E-state index in [0.29, 0.717) is 5.75 Å². The van der Waals surface area contributed by atoms with Gasteiger partial charge < -0.3 is 11.5 Å². The standard InChI is InChI=1S/C10H15N3OS2/c1-6-4-15-9(13-6)16-5-10(12,8(11)14)7-2-3-7/h4,7H,2-3,5,12H2,1H3,(H2,11,14). The van der Waals surface area contributed by atoms with Gasteiger partial charge in [0.15, 0.2) is 0 Å². The van der Waals surface area contributed by atoms with E-state index in [1.807, 2.05) is 12.3 Å². The van der Waals surface area contributed by atoms with E-state index < -0.39 is 11.4 Å². The van der Waals surface area contributed by atoms with E-state index in [-0.39, 0.29) is 5.92 Å². The minimum absolute atomic E-state index is 0.263. The molecule has 1 atom stereocenters. The minimum Gasteiger partial charge on any atom is -0.368 e. The second-order valence-corrected chi connectivity index (χ2v) is 6.30. The van der Waals surface area contributed by atoms with Gasteiger partial charge in [0.25, 0.3) is 0 Å². The lowest BCUT2D eigenvalue weighted by Gasteiger charge is -2.24. The van der Waals surface area contributed by atoms with Gasteiger partial charge in [0, 0.05) is 16.8 Å². The molecule has 1 aliphatic carbocycles. The van der Waals surface area contributed by atoms with Gasteiger partial charge in [-0.05, 0) is 25.7 Å². The van der Waals surface area contributed by atoms with Crippen molar-refractivity contribution in [3.8, 4) is 0 Å².